The minimum Gasteiger partial charge on any atom is -0.426 e. The predicted octanol–water partition coefficient (Wildman–Crippen LogP) is 1.67. The van der Waals surface area contributed by atoms with Crippen LogP contribution in [-0.4, -0.2) is 46.0 Å². The normalized spacial score (nSPS) is 24.0. The Morgan fingerprint density at radius 1 is 1.10 bits per heavy atom. The molecule has 0 spiro atoms. The first-order valence-corrected chi connectivity index (χ1v) is 10.5. The van der Waals surface area contributed by atoms with Gasteiger partial charge in [-0.3, -0.25) is 20.2 Å². The fraction of sp³-hybridized carbons (Fsp3) is 0.409. The van der Waals surface area contributed by atoms with Crippen LogP contribution in [0.1, 0.15) is 43.4 Å². The second-order valence-corrected chi connectivity index (χ2v) is 8.40. The number of nitro groups is 1. The second kappa shape index (κ2) is 10.0. The van der Waals surface area contributed by atoms with Crippen LogP contribution in [0.2, 0.25) is 0 Å². The molecule has 9 heteroatoms. The zero-order chi connectivity index (χ0) is 22.5. The Hall–Kier alpha value is -2.75. The van der Waals surface area contributed by atoms with E-state index in [9.17, 15) is 25.0 Å². The lowest BCUT2D eigenvalue weighted by atomic mass is 9.74. The van der Waals surface area contributed by atoms with Crippen molar-refractivity contribution in [3.05, 3.63) is 81.9 Å². The van der Waals surface area contributed by atoms with Crippen molar-refractivity contribution in [2.75, 3.05) is 0 Å². The van der Waals surface area contributed by atoms with E-state index in [1.807, 2.05) is 26.0 Å². The van der Waals surface area contributed by atoms with Gasteiger partial charge in [-0.25, -0.2) is 0 Å². The number of carbonyl (C=O) groups is 1. The van der Waals surface area contributed by atoms with Crippen LogP contribution in [0.4, 0.5) is 0 Å². The molecule has 0 aromatic heterocycles. The highest BCUT2D eigenvalue weighted by molar-refractivity contribution is 6.43. The summed E-state index contributed by atoms with van der Waals surface area (Å²) in [7, 11) is -1.72. The Labute approximate surface area is 182 Å². The van der Waals surface area contributed by atoms with Crippen LogP contribution in [0, 0.1) is 16.0 Å². The molecule has 3 rings (SSSR count). The van der Waals surface area contributed by atoms with Gasteiger partial charge >= 0.3 is 7.12 Å². The minimum atomic E-state index is -1.72. The van der Waals surface area contributed by atoms with Crippen LogP contribution in [0.15, 0.2) is 60.7 Å². The van der Waals surface area contributed by atoms with Crippen molar-refractivity contribution in [3.63, 3.8) is 0 Å². The zero-order valence-electron chi connectivity index (χ0n) is 17.6. The highest BCUT2D eigenvalue weighted by Gasteiger charge is 2.54. The van der Waals surface area contributed by atoms with Gasteiger partial charge in [0, 0.05) is 4.92 Å². The first-order valence-electron chi connectivity index (χ1n) is 10.5. The molecule has 4 N–H and O–H groups in total. The van der Waals surface area contributed by atoms with Gasteiger partial charge in [-0.1, -0.05) is 74.5 Å². The van der Waals surface area contributed by atoms with Gasteiger partial charge in [0.1, 0.15) is 12.1 Å². The monoisotopic (exact) mass is 425 g/mol. The second-order valence-electron chi connectivity index (χ2n) is 8.40. The molecule has 1 fully saturated rings. The molecule has 1 heterocycles. The SMILES string of the molecule is CC(C)C[C@H](NC(=O)[C@H]1N[C@@H](c2ccccc2)[C@@H]([N+](=O)[O-])[C@@H]1c1ccccc1)B(O)O. The molecule has 5 atom stereocenters. The van der Waals surface area contributed by atoms with Crippen molar-refractivity contribution < 1.29 is 19.8 Å². The van der Waals surface area contributed by atoms with Crippen LogP contribution < -0.4 is 10.6 Å². The van der Waals surface area contributed by atoms with Crippen molar-refractivity contribution in [1.29, 1.82) is 0 Å². The van der Waals surface area contributed by atoms with Crippen molar-refractivity contribution in [1.82, 2.24) is 10.6 Å². The van der Waals surface area contributed by atoms with Crippen LogP contribution in [-0.2, 0) is 4.79 Å². The van der Waals surface area contributed by atoms with E-state index in [-0.39, 0.29) is 10.8 Å². The van der Waals surface area contributed by atoms with Gasteiger partial charge in [0.15, 0.2) is 0 Å². The number of rotatable bonds is 8. The number of amides is 1. The fourth-order valence-corrected chi connectivity index (χ4v) is 4.35. The lowest BCUT2D eigenvalue weighted by Gasteiger charge is -2.24. The smallest absolute Gasteiger partial charge is 0.426 e. The molecule has 1 aliphatic rings. The number of hydrogen-bond acceptors (Lipinski definition) is 6. The summed E-state index contributed by atoms with van der Waals surface area (Å²) in [6, 6.07) is 15.4. The van der Waals surface area contributed by atoms with E-state index < -0.39 is 43.0 Å². The molecule has 164 valence electrons. The molecule has 0 saturated carbocycles. The summed E-state index contributed by atoms with van der Waals surface area (Å²) in [5.41, 5.74) is 1.40. The van der Waals surface area contributed by atoms with E-state index in [1.165, 1.54) is 0 Å². The van der Waals surface area contributed by atoms with E-state index >= 15 is 0 Å². The van der Waals surface area contributed by atoms with Crippen LogP contribution in [0.5, 0.6) is 0 Å². The third-order valence-electron chi connectivity index (χ3n) is 5.71. The summed E-state index contributed by atoms with van der Waals surface area (Å²) in [6.07, 6.45) is 0.368. The summed E-state index contributed by atoms with van der Waals surface area (Å²) >= 11 is 0. The van der Waals surface area contributed by atoms with Crippen LogP contribution in [0.25, 0.3) is 0 Å². The van der Waals surface area contributed by atoms with E-state index in [0.29, 0.717) is 12.0 Å². The molecule has 8 nitrogen and oxygen atoms in total. The van der Waals surface area contributed by atoms with E-state index in [2.05, 4.69) is 10.6 Å². The number of nitrogens with one attached hydrogen (secondary N) is 2. The molecule has 0 radical (unpaired) electrons. The minimum absolute atomic E-state index is 0.122. The molecule has 0 bridgehead atoms. The number of benzene rings is 2. The van der Waals surface area contributed by atoms with Crippen molar-refractivity contribution in [2.45, 2.75) is 50.3 Å². The average molecular weight is 425 g/mol. The maximum atomic E-state index is 13.3. The van der Waals surface area contributed by atoms with Crippen molar-refractivity contribution in [3.8, 4) is 0 Å². The average Bonchev–Trinajstić information content (AvgIpc) is 3.15. The topological polar surface area (TPSA) is 125 Å². The van der Waals surface area contributed by atoms with Gasteiger partial charge < -0.3 is 15.4 Å². The molecular weight excluding hydrogens is 397 g/mol. The van der Waals surface area contributed by atoms with Crippen molar-refractivity contribution in [2.24, 2.45) is 5.92 Å². The van der Waals surface area contributed by atoms with Gasteiger partial charge in [-0.05, 0) is 23.5 Å². The molecule has 1 aliphatic heterocycles. The third kappa shape index (κ3) is 5.30. The maximum Gasteiger partial charge on any atom is 0.475 e. The van der Waals surface area contributed by atoms with Crippen LogP contribution >= 0.6 is 0 Å². The molecule has 2 aromatic rings. The highest BCUT2D eigenvalue weighted by Crippen LogP contribution is 2.40. The lowest BCUT2D eigenvalue weighted by molar-refractivity contribution is -0.527. The first-order chi connectivity index (χ1) is 14.8. The number of hydrogen-bond donors (Lipinski definition) is 4. The molecule has 2 aromatic carbocycles. The van der Waals surface area contributed by atoms with Gasteiger partial charge in [0.05, 0.1) is 11.9 Å². The summed E-state index contributed by atoms with van der Waals surface area (Å²) in [6.45, 7) is 3.83. The van der Waals surface area contributed by atoms with E-state index in [4.69, 9.17) is 0 Å². The predicted molar refractivity (Wildman–Crippen MR) is 118 cm³/mol. The largest absolute Gasteiger partial charge is 0.475 e. The van der Waals surface area contributed by atoms with E-state index in [1.54, 1.807) is 48.5 Å². The number of nitrogens with zero attached hydrogens (tertiary/aromatic N) is 1. The van der Waals surface area contributed by atoms with Gasteiger partial charge in [0.25, 0.3) is 0 Å². The summed E-state index contributed by atoms with van der Waals surface area (Å²) < 4.78 is 0. The van der Waals surface area contributed by atoms with Crippen LogP contribution in [0.3, 0.4) is 0 Å². The standard InChI is InChI=1S/C22H28BN3O5/c1-14(2)13-17(23(28)29)24-22(27)20-18(15-9-5-3-6-10-15)21(26(30)31)19(25-20)16-11-7-4-8-12-16/h3-12,14,17-21,25,28-29H,13H2,1-2H3,(H,24,27)/t17-,18+,19-,20-,21-/m0/s1. The van der Waals surface area contributed by atoms with Crippen molar-refractivity contribution >= 4 is 13.0 Å². The summed E-state index contributed by atoms with van der Waals surface area (Å²) in [4.78, 5) is 25.1. The van der Waals surface area contributed by atoms with E-state index in [0.717, 1.165) is 5.56 Å². The molecule has 1 amide bonds. The molecular formula is C22H28BN3O5. The lowest BCUT2D eigenvalue weighted by Crippen LogP contribution is -2.53. The molecule has 0 aliphatic carbocycles. The number of carbonyl (C=O) groups excluding carboxylic acids is 1. The fourth-order valence-electron chi connectivity index (χ4n) is 4.35. The van der Waals surface area contributed by atoms with Gasteiger partial charge in [-0.15, -0.1) is 0 Å². The Kier molecular flexibility index (Phi) is 7.43. The molecule has 1 saturated heterocycles. The highest BCUT2D eigenvalue weighted by atomic mass is 16.6. The first kappa shape index (κ1) is 22.9. The van der Waals surface area contributed by atoms with Gasteiger partial charge in [0.2, 0.25) is 11.9 Å². The molecule has 31 heavy (non-hydrogen) atoms. The Morgan fingerprint density at radius 2 is 1.65 bits per heavy atom. The zero-order valence-corrected chi connectivity index (χ0v) is 17.6. The Bertz CT molecular complexity index is 881. The Balaban J connectivity index is 1.98. The summed E-state index contributed by atoms with van der Waals surface area (Å²) in [5, 5.41) is 37.5. The molecule has 0 unspecified atom stereocenters. The van der Waals surface area contributed by atoms with Gasteiger partial charge in [-0.2, -0.15) is 0 Å². The summed E-state index contributed by atoms with van der Waals surface area (Å²) in [5.74, 6) is -1.96. The third-order valence-corrected chi connectivity index (χ3v) is 5.71. The maximum absolute atomic E-state index is 13.3. The quantitative estimate of drug-likeness (QED) is 0.290. The Morgan fingerprint density at radius 3 is 2.13 bits per heavy atom.